The molecule has 0 spiro atoms. The van der Waals surface area contributed by atoms with E-state index in [1.165, 1.54) is 11.8 Å². The topological polar surface area (TPSA) is 66.2 Å². The molecule has 8 heteroatoms. The fraction of sp³-hybridized carbons (Fsp3) is 0.769. The third kappa shape index (κ3) is 3.55. The number of hydrogen-bond acceptors (Lipinski definition) is 5. The number of halogens is 2. The van der Waals surface area contributed by atoms with Crippen molar-refractivity contribution >= 4 is 5.97 Å². The maximum Gasteiger partial charge on any atom is 0.331 e. The van der Waals surface area contributed by atoms with Crippen molar-refractivity contribution in [3.8, 4) is 0 Å². The zero-order chi connectivity index (χ0) is 15.5. The number of alkyl halides is 2. The van der Waals surface area contributed by atoms with Gasteiger partial charge < -0.3 is 9.47 Å². The molecule has 21 heavy (non-hydrogen) atoms. The summed E-state index contributed by atoms with van der Waals surface area (Å²) in [5.74, 6) is -3.53. The van der Waals surface area contributed by atoms with E-state index in [9.17, 15) is 13.6 Å². The first-order valence-corrected chi connectivity index (χ1v) is 6.97. The second kappa shape index (κ2) is 6.46. The minimum Gasteiger partial charge on any atom is -0.467 e. The predicted molar refractivity (Wildman–Crippen MR) is 68.9 cm³/mol. The van der Waals surface area contributed by atoms with Crippen molar-refractivity contribution in [2.75, 3.05) is 13.7 Å². The molecule has 0 bridgehead atoms. The predicted octanol–water partition coefficient (Wildman–Crippen LogP) is 1.67. The third-order valence-electron chi connectivity index (χ3n) is 3.63. The quantitative estimate of drug-likeness (QED) is 0.792. The van der Waals surface area contributed by atoms with Crippen LogP contribution in [0.5, 0.6) is 0 Å². The van der Waals surface area contributed by atoms with E-state index in [2.05, 4.69) is 15.0 Å². The van der Waals surface area contributed by atoms with Gasteiger partial charge in [-0.3, -0.25) is 0 Å². The number of hydrogen-bond donors (Lipinski definition) is 0. The molecule has 0 saturated carbocycles. The molecule has 1 aliphatic rings. The van der Waals surface area contributed by atoms with Crippen molar-refractivity contribution in [3.63, 3.8) is 0 Å². The van der Waals surface area contributed by atoms with Gasteiger partial charge in [-0.05, 0) is 26.2 Å². The van der Waals surface area contributed by atoms with Gasteiger partial charge in [0.25, 0.3) is 5.92 Å². The van der Waals surface area contributed by atoms with Crippen LogP contribution in [0.2, 0.25) is 0 Å². The number of ether oxygens (including phenoxy) is 2. The summed E-state index contributed by atoms with van der Waals surface area (Å²) in [6.45, 7) is 2.11. The van der Waals surface area contributed by atoms with Gasteiger partial charge in [0.15, 0.2) is 5.69 Å². The number of esters is 1. The lowest BCUT2D eigenvalue weighted by Gasteiger charge is -2.24. The Hall–Kier alpha value is -1.57. The number of nitrogens with zero attached hydrogens (tertiary/aromatic N) is 3. The highest BCUT2D eigenvalue weighted by atomic mass is 19.3. The molecule has 0 radical (unpaired) electrons. The van der Waals surface area contributed by atoms with E-state index in [1.807, 2.05) is 6.92 Å². The largest absolute Gasteiger partial charge is 0.467 e. The number of rotatable bonds is 4. The van der Waals surface area contributed by atoms with Crippen LogP contribution in [-0.2, 0) is 33.2 Å². The van der Waals surface area contributed by atoms with E-state index in [0.29, 0.717) is 25.1 Å². The van der Waals surface area contributed by atoms with Gasteiger partial charge in [-0.2, -0.15) is 8.78 Å². The fourth-order valence-electron chi connectivity index (χ4n) is 2.43. The molecule has 0 fully saturated rings. The van der Waals surface area contributed by atoms with Crippen molar-refractivity contribution in [1.82, 2.24) is 15.0 Å². The number of aryl methyl sites for hydroxylation is 1. The molecule has 1 atom stereocenters. The SMILES string of the molecule is CCn1nnc2c1CCC(OCC(=O)OC)CCC2(F)F. The normalized spacial score (nSPS) is 21.2. The Bertz CT molecular complexity index is 505. The van der Waals surface area contributed by atoms with Gasteiger partial charge in [-0.1, -0.05) is 5.21 Å². The van der Waals surface area contributed by atoms with E-state index in [0.717, 1.165) is 0 Å². The summed E-state index contributed by atoms with van der Waals surface area (Å²) < 4.78 is 39.7. The van der Waals surface area contributed by atoms with Crippen LogP contribution in [0.3, 0.4) is 0 Å². The van der Waals surface area contributed by atoms with Crippen molar-refractivity contribution in [3.05, 3.63) is 11.4 Å². The van der Waals surface area contributed by atoms with E-state index >= 15 is 0 Å². The Labute approximate surface area is 121 Å². The van der Waals surface area contributed by atoms with E-state index in [4.69, 9.17) is 4.74 Å². The Morgan fingerprint density at radius 1 is 1.48 bits per heavy atom. The van der Waals surface area contributed by atoms with E-state index in [-0.39, 0.29) is 25.1 Å². The minimum absolute atomic E-state index is 0.169. The first kappa shape index (κ1) is 15.8. The van der Waals surface area contributed by atoms with Gasteiger partial charge in [0.05, 0.1) is 18.9 Å². The summed E-state index contributed by atoms with van der Waals surface area (Å²) in [6.07, 6.45) is 0.352. The number of aromatic nitrogens is 3. The van der Waals surface area contributed by atoms with Gasteiger partial charge in [-0.25, -0.2) is 9.48 Å². The van der Waals surface area contributed by atoms with Crippen molar-refractivity contribution in [2.24, 2.45) is 0 Å². The standard InChI is InChI=1S/C13H19F2N3O3/c1-3-18-10-5-4-9(21-8-11(19)20-2)6-7-13(14,15)12(10)16-17-18/h9H,3-8H2,1-2H3. The minimum atomic E-state index is -3.02. The van der Waals surface area contributed by atoms with Crippen molar-refractivity contribution in [1.29, 1.82) is 0 Å². The number of carbonyl (C=O) groups is 1. The van der Waals surface area contributed by atoms with Crippen LogP contribution in [0.1, 0.15) is 37.6 Å². The van der Waals surface area contributed by atoms with Gasteiger partial charge in [-0.15, -0.1) is 5.10 Å². The van der Waals surface area contributed by atoms with E-state index in [1.54, 1.807) is 0 Å². The first-order valence-electron chi connectivity index (χ1n) is 6.97. The van der Waals surface area contributed by atoms with Crippen LogP contribution in [0.15, 0.2) is 0 Å². The summed E-state index contributed by atoms with van der Waals surface area (Å²) >= 11 is 0. The second-order valence-electron chi connectivity index (χ2n) is 4.99. The molecule has 118 valence electrons. The molecule has 0 N–H and O–H groups in total. The molecule has 0 amide bonds. The second-order valence-corrected chi connectivity index (χ2v) is 4.99. The molecule has 0 aromatic carbocycles. The Morgan fingerprint density at radius 3 is 2.90 bits per heavy atom. The zero-order valence-electron chi connectivity index (χ0n) is 12.1. The van der Waals surface area contributed by atoms with Gasteiger partial charge in [0.2, 0.25) is 0 Å². The van der Waals surface area contributed by atoms with Crippen LogP contribution in [-0.4, -0.2) is 40.8 Å². The van der Waals surface area contributed by atoms with Crippen molar-refractivity contribution < 1.29 is 23.0 Å². The molecule has 1 aromatic rings. The number of fused-ring (bicyclic) bond motifs is 1. The third-order valence-corrected chi connectivity index (χ3v) is 3.63. The summed E-state index contributed by atoms with van der Waals surface area (Å²) in [4.78, 5) is 11.1. The first-order chi connectivity index (χ1) is 9.97. The zero-order valence-corrected chi connectivity index (χ0v) is 12.1. The monoisotopic (exact) mass is 303 g/mol. The Balaban J connectivity index is 2.11. The molecular weight excluding hydrogens is 284 g/mol. The molecule has 1 aromatic heterocycles. The maximum atomic E-state index is 14.2. The van der Waals surface area contributed by atoms with Gasteiger partial charge in [0.1, 0.15) is 6.61 Å². The molecule has 1 unspecified atom stereocenters. The highest BCUT2D eigenvalue weighted by molar-refractivity contribution is 5.70. The molecule has 1 aliphatic carbocycles. The Morgan fingerprint density at radius 2 is 2.24 bits per heavy atom. The molecule has 0 aliphatic heterocycles. The fourth-order valence-corrected chi connectivity index (χ4v) is 2.43. The highest BCUT2D eigenvalue weighted by Crippen LogP contribution is 2.37. The lowest BCUT2D eigenvalue weighted by molar-refractivity contribution is -0.148. The summed E-state index contributed by atoms with van der Waals surface area (Å²) in [7, 11) is 1.26. The summed E-state index contributed by atoms with van der Waals surface area (Å²) in [5.41, 5.74) is 0.227. The lowest BCUT2D eigenvalue weighted by atomic mass is 9.96. The molecule has 2 rings (SSSR count). The molecule has 6 nitrogen and oxygen atoms in total. The summed E-state index contributed by atoms with van der Waals surface area (Å²) in [5, 5.41) is 7.42. The number of carbonyl (C=O) groups excluding carboxylic acids is 1. The Kier molecular flexibility index (Phi) is 4.87. The smallest absolute Gasteiger partial charge is 0.331 e. The lowest BCUT2D eigenvalue weighted by Crippen LogP contribution is -2.27. The van der Waals surface area contributed by atoms with Crippen LogP contribution in [0, 0.1) is 0 Å². The average Bonchev–Trinajstić information content (AvgIpc) is 2.88. The highest BCUT2D eigenvalue weighted by Gasteiger charge is 2.40. The molecule has 0 saturated heterocycles. The van der Waals surface area contributed by atoms with Crippen molar-refractivity contribution in [2.45, 2.75) is 51.2 Å². The van der Waals surface area contributed by atoms with Crippen LogP contribution < -0.4 is 0 Å². The van der Waals surface area contributed by atoms with Crippen LogP contribution >= 0.6 is 0 Å². The molecule has 1 heterocycles. The maximum absolute atomic E-state index is 14.2. The average molecular weight is 303 g/mol. The van der Waals surface area contributed by atoms with Gasteiger partial charge in [0, 0.05) is 13.0 Å². The summed E-state index contributed by atoms with van der Waals surface area (Å²) in [6, 6.07) is 0. The number of methoxy groups -OCH3 is 1. The molecular formula is C13H19F2N3O3. The van der Waals surface area contributed by atoms with Gasteiger partial charge >= 0.3 is 5.97 Å². The van der Waals surface area contributed by atoms with Crippen LogP contribution in [0.25, 0.3) is 0 Å². The van der Waals surface area contributed by atoms with E-state index < -0.39 is 18.0 Å². The van der Waals surface area contributed by atoms with Crippen LogP contribution in [0.4, 0.5) is 8.78 Å².